The van der Waals surface area contributed by atoms with Crippen LogP contribution in [0.4, 0.5) is 11.4 Å². The number of nitro groups is 1. The molecule has 0 aromatic heterocycles. The van der Waals surface area contributed by atoms with Crippen LogP contribution in [0.5, 0.6) is 0 Å². The number of nitro benzene ring substituents is 1. The van der Waals surface area contributed by atoms with Crippen molar-refractivity contribution in [1.29, 1.82) is 5.41 Å². The number of amidine groups is 1. The van der Waals surface area contributed by atoms with Gasteiger partial charge in [-0.25, -0.2) is 0 Å². The van der Waals surface area contributed by atoms with Crippen LogP contribution in [-0.2, 0) is 14.4 Å². The van der Waals surface area contributed by atoms with Crippen molar-refractivity contribution in [3.8, 4) is 0 Å². The molecule has 6 N–H and O–H groups in total. The molecule has 3 rings (SSSR count). The predicted molar refractivity (Wildman–Crippen MR) is 134 cm³/mol. The molecule has 0 saturated heterocycles. The molecule has 2 amide bonds. The van der Waals surface area contributed by atoms with Crippen molar-refractivity contribution in [3.63, 3.8) is 0 Å². The van der Waals surface area contributed by atoms with Gasteiger partial charge in [-0.3, -0.25) is 29.9 Å². The van der Waals surface area contributed by atoms with Gasteiger partial charge >= 0.3 is 0 Å². The summed E-state index contributed by atoms with van der Waals surface area (Å²) in [7, 11) is 0. The second kappa shape index (κ2) is 13.0. The fourth-order valence-electron chi connectivity index (χ4n) is 3.28. The quantitative estimate of drug-likeness (QED) is 0.0798. The zero-order chi connectivity index (χ0) is 26.7. The maximum absolute atomic E-state index is 13.2. The maximum Gasteiger partial charge on any atom is 0.290 e. The van der Waals surface area contributed by atoms with Gasteiger partial charge in [0.25, 0.3) is 12.2 Å². The SMILES string of the molecule is C[C@@H](NC(=O)C(C(=O)Nc1ccc(C(=N)N)cc1)c1ccccc1)c1ccc([N+](=O)[O-])cc1.O=CO. The smallest absolute Gasteiger partial charge is 0.290 e. The normalized spacial score (nSPS) is 11.6. The molecule has 0 aliphatic rings. The van der Waals surface area contributed by atoms with Crippen molar-refractivity contribution in [3.05, 3.63) is 106 Å². The van der Waals surface area contributed by atoms with Crippen LogP contribution < -0.4 is 16.4 Å². The summed E-state index contributed by atoms with van der Waals surface area (Å²) < 4.78 is 0. The Labute approximate surface area is 206 Å². The fraction of sp³-hybridized carbons (Fsp3) is 0.120. The maximum atomic E-state index is 13.2. The molecule has 3 aromatic carbocycles. The second-order valence-electron chi connectivity index (χ2n) is 7.51. The Morgan fingerprint density at radius 1 is 0.972 bits per heavy atom. The number of hydrogen-bond acceptors (Lipinski definition) is 6. The van der Waals surface area contributed by atoms with Gasteiger partial charge in [0.1, 0.15) is 11.8 Å². The summed E-state index contributed by atoms with van der Waals surface area (Å²) in [5.41, 5.74) is 7.57. The number of amides is 2. The van der Waals surface area contributed by atoms with E-state index in [0.717, 1.165) is 0 Å². The van der Waals surface area contributed by atoms with Gasteiger partial charge in [0.15, 0.2) is 0 Å². The molecule has 186 valence electrons. The molecular weight excluding hydrogens is 466 g/mol. The minimum absolute atomic E-state index is 0.0467. The number of nitrogen functional groups attached to an aromatic ring is 1. The molecule has 36 heavy (non-hydrogen) atoms. The topological polar surface area (TPSA) is 189 Å². The van der Waals surface area contributed by atoms with E-state index in [1.165, 1.54) is 12.1 Å². The van der Waals surface area contributed by atoms with E-state index in [9.17, 15) is 19.7 Å². The minimum atomic E-state index is -1.13. The number of carbonyl (C=O) groups excluding carboxylic acids is 2. The minimum Gasteiger partial charge on any atom is -0.483 e. The molecule has 0 aliphatic carbocycles. The van der Waals surface area contributed by atoms with Gasteiger partial charge in [0, 0.05) is 23.4 Å². The highest BCUT2D eigenvalue weighted by Crippen LogP contribution is 2.22. The van der Waals surface area contributed by atoms with Crippen molar-refractivity contribution in [2.75, 3.05) is 5.32 Å². The van der Waals surface area contributed by atoms with E-state index < -0.39 is 28.7 Å². The van der Waals surface area contributed by atoms with E-state index in [1.54, 1.807) is 73.7 Å². The highest BCUT2D eigenvalue weighted by atomic mass is 16.6. The fourth-order valence-corrected chi connectivity index (χ4v) is 3.28. The Kier molecular flexibility index (Phi) is 9.81. The summed E-state index contributed by atoms with van der Waals surface area (Å²) >= 11 is 0. The number of nitrogens with zero attached hydrogens (tertiary/aromatic N) is 1. The first-order valence-corrected chi connectivity index (χ1v) is 10.6. The van der Waals surface area contributed by atoms with Gasteiger partial charge in [0.05, 0.1) is 11.0 Å². The number of hydrogen-bond donors (Lipinski definition) is 5. The van der Waals surface area contributed by atoms with E-state index in [-0.39, 0.29) is 18.0 Å². The lowest BCUT2D eigenvalue weighted by molar-refractivity contribution is -0.384. The Hall–Kier alpha value is -5.06. The number of non-ortho nitro benzene ring substituents is 1. The van der Waals surface area contributed by atoms with Crippen LogP contribution in [-0.4, -0.2) is 34.2 Å². The first kappa shape index (κ1) is 27.2. The first-order chi connectivity index (χ1) is 17.2. The number of carboxylic acid groups (broad SMARTS) is 1. The summed E-state index contributed by atoms with van der Waals surface area (Å²) in [4.78, 5) is 45.0. The number of carbonyl (C=O) groups is 3. The van der Waals surface area contributed by atoms with Crippen molar-refractivity contribution >= 4 is 35.5 Å². The number of nitrogens with two attached hydrogens (primary N) is 1. The molecule has 0 heterocycles. The molecule has 1 unspecified atom stereocenters. The van der Waals surface area contributed by atoms with Crippen LogP contribution in [0.3, 0.4) is 0 Å². The molecular formula is C25H25N5O6. The van der Waals surface area contributed by atoms with Crippen molar-refractivity contribution < 1.29 is 24.4 Å². The summed E-state index contributed by atoms with van der Waals surface area (Å²) in [6.07, 6.45) is 0. The van der Waals surface area contributed by atoms with E-state index in [0.29, 0.717) is 22.4 Å². The third-order valence-electron chi connectivity index (χ3n) is 5.08. The van der Waals surface area contributed by atoms with Crippen molar-refractivity contribution in [2.24, 2.45) is 5.73 Å². The van der Waals surface area contributed by atoms with Gasteiger partial charge in [-0.2, -0.15) is 0 Å². The van der Waals surface area contributed by atoms with Gasteiger partial charge < -0.3 is 21.5 Å². The Balaban J connectivity index is 0.00000145. The molecule has 0 bridgehead atoms. The van der Waals surface area contributed by atoms with Crippen LogP contribution in [0.1, 0.15) is 35.6 Å². The third kappa shape index (κ3) is 7.48. The van der Waals surface area contributed by atoms with Crippen LogP contribution >= 0.6 is 0 Å². The highest BCUT2D eigenvalue weighted by Gasteiger charge is 2.29. The Morgan fingerprint density at radius 3 is 2.03 bits per heavy atom. The lowest BCUT2D eigenvalue weighted by atomic mass is 9.96. The summed E-state index contributed by atoms with van der Waals surface area (Å²) in [6.45, 7) is 1.49. The van der Waals surface area contributed by atoms with Gasteiger partial charge in [-0.15, -0.1) is 0 Å². The van der Waals surface area contributed by atoms with Crippen LogP contribution in [0.2, 0.25) is 0 Å². The van der Waals surface area contributed by atoms with Crippen LogP contribution in [0.25, 0.3) is 0 Å². The summed E-state index contributed by atoms with van der Waals surface area (Å²) in [5.74, 6) is -2.25. The predicted octanol–water partition coefficient (Wildman–Crippen LogP) is 3.18. The number of anilines is 1. The Morgan fingerprint density at radius 2 is 1.53 bits per heavy atom. The third-order valence-corrected chi connectivity index (χ3v) is 5.08. The first-order valence-electron chi connectivity index (χ1n) is 10.6. The van der Waals surface area contributed by atoms with E-state index >= 15 is 0 Å². The standard InChI is InChI=1S/C24H23N5O4.CH2O2/c1-15(16-9-13-20(14-10-16)29(32)33)27-23(30)21(17-5-3-2-4-6-17)24(31)28-19-11-7-18(8-12-19)22(25)26;2-1-3/h2-15,21H,1H3,(H3,25,26)(H,27,30)(H,28,31);1H,(H,2,3)/t15-,21?;/m1./s1. The summed E-state index contributed by atoms with van der Waals surface area (Å²) in [6, 6.07) is 20.5. The molecule has 0 fully saturated rings. The Bertz CT molecular complexity index is 1210. The van der Waals surface area contributed by atoms with Gasteiger partial charge in [0.2, 0.25) is 11.8 Å². The van der Waals surface area contributed by atoms with E-state index in [2.05, 4.69) is 10.6 Å². The van der Waals surface area contributed by atoms with E-state index in [1.807, 2.05) is 0 Å². The zero-order valence-corrected chi connectivity index (χ0v) is 19.3. The largest absolute Gasteiger partial charge is 0.483 e. The molecule has 2 atom stereocenters. The molecule has 11 heteroatoms. The number of rotatable bonds is 8. The van der Waals surface area contributed by atoms with Crippen LogP contribution in [0.15, 0.2) is 78.9 Å². The summed E-state index contributed by atoms with van der Waals surface area (Å²) in [5, 5.41) is 30.8. The lowest BCUT2D eigenvalue weighted by Crippen LogP contribution is -2.37. The second-order valence-corrected chi connectivity index (χ2v) is 7.51. The molecule has 11 nitrogen and oxygen atoms in total. The molecule has 0 saturated carbocycles. The van der Waals surface area contributed by atoms with Gasteiger partial charge in [-0.1, -0.05) is 42.5 Å². The monoisotopic (exact) mass is 491 g/mol. The molecule has 3 aromatic rings. The van der Waals surface area contributed by atoms with Gasteiger partial charge in [-0.05, 0) is 42.3 Å². The van der Waals surface area contributed by atoms with Crippen LogP contribution in [0, 0.1) is 15.5 Å². The number of nitrogens with one attached hydrogen (secondary N) is 3. The van der Waals surface area contributed by atoms with Crippen molar-refractivity contribution in [2.45, 2.75) is 18.9 Å². The number of benzene rings is 3. The van der Waals surface area contributed by atoms with E-state index in [4.69, 9.17) is 21.0 Å². The molecule has 0 aliphatic heterocycles. The zero-order valence-electron chi connectivity index (χ0n) is 19.3. The molecule has 0 radical (unpaired) electrons. The highest BCUT2D eigenvalue weighted by molar-refractivity contribution is 6.11. The lowest BCUT2D eigenvalue weighted by Gasteiger charge is -2.21. The average Bonchev–Trinajstić information content (AvgIpc) is 2.85. The average molecular weight is 492 g/mol. The van der Waals surface area contributed by atoms with Crippen molar-refractivity contribution in [1.82, 2.24) is 5.32 Å². The molecule has 0 spiro atoms.